The maximum atomic E-state index is 12.3. The number of aromatic nitrogens is 1. The summed E-state index contributed by atoms with van der Waals surface area (Å²) in [6.07, 6.45) is 7.81. The van der Waals surface area contributed by atoms with Crippen LogP contribution in [0.4, 0.5) is 4.79 Å². The Morgan fingerprint density at radius 3 is 2.70 bits per heavy atom. The van der Waals surface area contributed by atoms with Gasteiger partial charge in [-0.15, -0.1) is 0 Å². The standard InChI is InChI=1S/C18H30N4O/c1-16(15-17-9-5-6-10-19-17)20-18(23)21(2)13-14-22-11-7-3-4-8-12-22/h5-6,9-10,16H,3-4,7-8,11-15H2,1-2H3,(H,20,23)/t16-/m0/s1. The second kappa shape index (κ2) is 9.50. The number of hydrogen-bond acceptors (Lipinski definition) is 3. The molecule has 0 saturated carbocycles. The van der Waals surface area contributed by atoms with Crippen molar-refractivity contribution >= 4 is 6.03 Å². The van der Waals surface area contributed by atoms with Crippen LogP contribution in [-0.4, -0.2) is 60.1 Å². The molecule has 1 N–H and O–H groups in total. The number of likely N-dealkylation sites (N-methyl/N-ethyl adjacent to an activating group) is 1. The summed E-state index contributed by atoms with van der Waals surface area (Å²) in [6, 6.07) is 5.96. The van der Waals surface area contributed by atoms with E-state index in [9.17, 15) is 4.79 Å². The van der Waals surface area contributed by atoms with Crippen LogP contribution >= 0.6 is 0 Å². The molecule has 2 heterocycles. The van der Waals surface area contributed by atoms with E-state index in [1.54, 1.807) is 11.1 Å². The first-order chi connectivity index (χ1) is 11.1. The van der Waals surface area contributed by atoms with Gasteiger partial charge in [0.05, 0.1) is 0 Å². The number of carbonyl (C=O) groups is 1. The fourth-order valence-electron chi connectivity index (χ4n) is 2.96. The predicted octanol–water partition coefficient (Wildman–Crippen LogP) is 2.53. The lowest BCUT2D eigenvalue weighted by Crippen LogP contribution is -2.45. The molecule has 1 atom stereocenters. The molecule has 5 heteroatoms. The van der Waals surface area contributed by atoms with Crippen LogP contribution in [0.2, 0.25) is 0 Å². The molecule has 0 radical (unpaired) electrons. The second-order valence-corrected chi connectivity index (χ2v) is 6.55. The molecule has 0 aliphatic carbocycles. The Balaban J connectivity index is 1.69. The summed E-state index contributed by atoms with van der Waals surface area (Å²) in [7, 11) is 1.88. The average Bonchev–Trinajstić information content (AvgIpc) is 2.82. The highest BCUT2D eigenvalue weighted by Crippen LogP contribution is 2.09. The number of hydrogen-bond donors (Lipinski definition) is 1. The third-order valence-electron chi connectivity index (χ3n) is 4.41. The van der Waals surface area contributed by atoms with E-state index in [0.29, 0.717) is 0 Å². The van der Waals surface area contributed by atoms with Crippen LogP contribution in [0, 0.1) is 0 Å². The van der Waals surface area contributed by atoms with E-state index < -0.39 is 0 Å². The highest BCUT2D eigenvalue weighted by molar-refractivity contribution is 5.74. The van der Waals surface area contributed by atoms with E-state index in [1.807, 2.05) is 32.2 Å². The number of nitrogens with zero attached hydrogens (tertiary/aromatic N) is 3. The maximum Gasteiger partial charge on any atom is 0.317 e. The Kier molecular flexibility index (Phi) is 7.33. The number of nitrogens with one attached hydrogen (secondary N) is 1. The Morgan fingerprint density at radius 1 is 1.30 bits per heavy atom. The minimum absolute atomic E-state index is 0.00301. The zero-order valence-corrected chi connectivity index (χ0v) is 14.5. The highest BCUT2D eigenvalue weighted by Gasteiger charge is 2.15. The summed E-state index contributed by atoms with van der Waals surface area (Å²) in [5.74, 6) is 0. The van der Waals surface area contributed by atoms with Crippen molar-refractivity contribution in [2.45, 2.75) is 45.1 Å². The second-order valence-electron chi connectivity index (χ2n) is 6.55. The lowest BCUT2D eigenvalue weighted by molar-refractivity contribution is 0.192. The molecule has 0 bridgehead atoms. The average molecular weight is 318 g/mol. The third-order valence-corrected chi connectivity index (χ3v) is 4.41. The molecule has 1 aliphatic rings. The van der Waals surface area contributed by atoms with Crippen LogP contribution in [0.25, 0.3) is 0 Å². The normalized spacial score (nSPS) is 17.3. The number of amides is 2. The molecule has 0 aromatic carbocycles. The maximum absolute atomic E-state index is 12.3. The molecule has 0 unspecified atom stereocenters. The number of likely N-dealkylation sites (tertiary alicyclic amines) is 1. The Morgan fingerprint density at radius 2 is 2.04 bits per heavy atom. The summed E-state index contributed by atoms with van der Waals surface area (Å²) in [5.41, 5.74) is 1.01. The molecular weight excluding hydrogens is 288 g/mol. The van der Waals surface area contributed by atoms with E-state index in [0.717, 1.165) is 25.2 Å². The summed E-state index contributed by atoms with van der Waals surface area (Å²) in [6.45, 7) is 6.12. The Labute approximate surface area is 140 Å². The van der Waals surface area contributed by atoms with Gasteiger partial charge in [-0.25, -0.2) is 4.79 Å². The van der Waals surface area contributed by atoms with Crippen LogP contribution in [0.1, 0.15) is 38.3 Å². The first-order valence-corrected chi connectivity index (χ1v) is 8.79. The van der Waals surface area contributed by atoms with Crippen LogP contribution in [0.3, 0.4) is 0 Å². The molecule has 1 aromatic heterocycles. The first-order valence-electron chi connectivity index (χ1n) is 8.79. The largest absolute Gasteiger partial charge is 0.335 e. The van der Waals surface area contributed by atoms with Crippen molar-refractivity contribution in [3.05, 3.63) is 30.1 Å². The van der Waals surface area contributed by atoms with Crippen molar-refractivity contribution in [1.29, 1.82) is 0 Å². The fraction of sp³-hybridized carbons (Fsp3) is 0.667. The van der Waals surface area contributed by atoms with Gasteiger partial charge >= 0.3 is 6.03 Å². The van der Waals surface area contributed by atoms with Gasteiger partial charge in [-0.3, -0.25) is 4.98 Å². The van der Waals surface area contributed by atoms with E-state index in [2.05, 4.69) is 15.2 Å². The Hall–Kier alpha value is -1.62. The molecule has 1 aliphatic heterocycles. The summed E-state index contributed by atoms with van der Waals surface area (Å²) < 4.78 is 0. The number of carbonyl (C=O) groups excluding carboxylic acids is 1. The molecule has 1 fully saturated rings. The van der Waals surface area contributed by atoms with Crippen LogP contribution < -0.4 is 5.32 Å². The molecule has 5 nitrogen and oxygen atoms in total. The van der Waals surface area contributed by atoms with Gasteiger partial charge < -0.3 is 15.1 Å². The molecule has 1 aromatic rings. The van der Waals surface area contributed by atoms with Gasteiger partial charge in [0, 0.05) is 44.5 Å². The van der Waals surface area contributed by atoms with Crippen molar-refractivity contribution in [1.82, 2.24) is 20.1 Å². The summed E-state index contributed by atoms with van der Waals surface area (Å²) in [5, 5.41) is 3.06. The first kappa shape index (κ1) is 17.7. The monoisotopic (exact) mass is 318 g/mol. The van der Waals surface area contributed by atoms with Crippen LogP contribution in [0.15, 0.2) is 24.4 Å². The zero-order chi connectivity index (χ0) is 16.5. The van der Waals surface area contributed by atoms with Crippen molar-refractivity contribution < 1.29 is 4.79 Å². The SMILES string of the molecule is C[C@@H](Cc1ccccn1)NC(=O)N(C)CCN1CCCCCC1. The smallest absolute Gasteiger partial charge is 0.317 e. The number of urea groups is 1. The molecule has 1 saturated heterocycles. The van der Waals surface area contributed by atoms with Crippen LogP contribution in [-0.2, 0) is 6.42 Å². The Bertz CT molecular complexity index is 457. The van der Waals surface area contributed by atoms with Gasteiger partial charge in [0.2, 0.25) is 0 Å². The van der Waals surface area contributed by atoms with Gasteiger partial charge in [-0.1, -0.05) is 18.9 Å². The van der Waals surface area contributed by atoms with Gasteiger partial charge in [0.25, 0.3) is 0 Å². The van der Waals surface area contributed by atoms with Gasteiger partial charge in [0.15, 0.2) is 0 Å². The molecule has 0 spiro atoms. The predicted molar refractivity (Wildman–Crippen MR) is 93.5 cm³/mol. The van der Waals surface area contributed by atoms with Crippen molar-refractivity contribution in [2.75, 3.05) is 33.2 Å². The quantitative estimate of drug-likeness (QED) is 0.877. The van der Waals surface area contributed by atoms with E-state index >= 15 is 0 Å². The summed E-state index contributed by atoms with van der Waals surface area (Å²) >= 11 is 0. The minimum atomic E-state index is 0.00301. The molecular formula is C18H30N4O. The van der Waals surface area contributed by atoms with Crippen molar-refractivity contribution in [3.8, 4) is 0 Å². The van der Waals surface area contributed by atoms with E-state index in [4.69, 9.17) is 0 Å². The lowest BCUT2D eigenvalue weighted by Gasteiger charge is -2.25. The van der Waals surface area contributed by atoms with Gasteiger partial charge in [-0.2, -0.15) is 0 Å². The minimum Gasteiger partial charge on any atom is -0.335 e. The topological polar surface area (TPSA) is 48.5 Å². The number of rotatable bonds is 6. The lowest BCUT2D eigenvalue weighted by atomic mass is 10.1. The van der Waals surface area contributed by atoms with E-state index in [1.165, 1.54) is 38.8 Å². The van der Waals surface area contributed by atoms with Crippen molar-refractivity contribution in [3.63, 3.8) is 0 Å². The highest BCUT2D eigenvalue weighted by atomic mass is 16.2. The van der Waals surface area contributed by atoms with Crippen molar-refractivity contribution in [2.24, 2.45) is 0 Å². The van der Waals surface area contributed by atoms with E-state index in [-0.39, 0.29) is 12.1 Å². The third kappa shape index (κ3) is 6.57. The zero-order valence-electron chi connectivity index (χ0n) is 14.5. The molecule has 23 heavy (non-hydrogen) atoms. The molecule has 2 rings (SSSR count). The van der Waals surface area contributed by atoms with Gasteiger partial charge in [0.1, 0.15) is 0 Å². The van der Waals surface area contributed by atoms with Crippen LogP contribution in [0.5, 0.6) is 0 Å². The molecule has 128 valence electrons. The summed E-state index contributed by atoms with van der Waals surface area (Å²) in [4.78, 5) is 20.8. The van der Waals surface area contributed by atoms with Gasteiger partial charge in [-0.05, 0) is 45.0 Å². The molecule has 2 amide bonds. The fourth-order valence-corrected chi connectivity index (χ4v) is 2.96. The number of pyridine rings is 1.